The summed E-state index contributed by atoms with van der Waals surface area (Å²) in [7, 11) is 0. The van der Waals surface area contributed by atoms with Crippen molar-refractivity contribution >= 4 is 40.2 Å². The fourth-order valence-electron chi connectivity index (χ4n) is 2.66. The third-order valence-electron chi connectivity index (χ3n) is 3.85. The van der Waals surface area contributed by atoms with Gasteiger partial charge in [0.1, 0.15) is 11.6 Å². The summed E-state index contributed by atoms with van der Waals surface area (Å²) in [5, 5.41) is 13.6. The van der Waals surface area contributed by atoms with E-state index in [1.807, 2.05) is 41.1 Å². The second kappa shape index (κ2) is 7.61. The van der Waals surface area contributed by atoms with E-state index in [9.17, 15) is 10.1 Å². The SMILES string of the molecule is C#CCn1cc(/C=C(/C#N)C(=O)Nc2ccc(Cl)cc2)c2ccccc21. The lowest BCUT2D eigenvalue weighted by molar-refractivity contribution is -0.112. The first-order valence-corrected chi connectivity index (χ1v) is 8.20. The fraction of sp³-hybridized carbons (Fsp3) is 0.0476. The van der Waals surface area contributed by atoms with Gasteiger partial charge in [-0.25, -0.2) is 0 Å². The summed E-state index contributed by atoms with van der Waals surface area (Å²) in [6.45, 7) is 0.410. The van der Waals surface area contributed by atoms with Gasteiger partial charge >= 0.3 is 0 Å². The van der Waals surface area contributed by atoms with E-state index < -0.39 is 5.91 Å². The molecule has 3 rings (SSSR count). The molecule has 1 aromatic heterocycles. The van der Waals surface area contributed by atoms with Crippen molar-refractivity contribution < 1.29 is 4.79 Å². The Kier molecular flexibility index (Phi) is 5.08. The number of halogens is 1. The number of fused-ring (bicyclic) bond motifs is 1. The van der Waals surface area contributed by atoms with Gasteiger partial charge < -0.3 is 9.88 Å². The van der Waals surface area contributed by atoms with Gasteiger partial charge in [-0.2, -0.15) is 5.26 Å². The number of hydrogen-bond acceptors (Lipinski definition) is 2. The first-order valence-electron chi connectivity index (χ1n) is 7.82. The van der Waals surface area contributed by atoms with Crippen LogP contribution < -0.4 is 5.32 Å². The Bertz CT molecular complexity index is 1080. The third-order valence-corrected chi connectivity index (χ3v) is 4.10. The molecule has 0 aliphatic carbocycles. The van der Waals surface area contributed by atoms with E-state index in [2.05, 4.69) is 11.2 Å². The number of nitrogens with one attached hydrogen (secondary N) is 1. The number of terminal acetylenes is 1. The maximum absolute atomic E-state index is 12.4. The molecule has 3 aromatic rings. The molecule has 0 unspecified atom stereocenters. The molecule has 1 heterocycles. The Morgan fingerprint density at radius 1 is 1.23 bits per heavy atom. The van der Waals surface area contributed by atoms with Gasteiger partial charge in [0.2, 0.25) is 0 Å². The van der Waals surface area contributed by atoms with Crippen molar-refractivity contribution in [2.45, 2.75) is 6.54 Å². The molecule has 26 heavy (non-hydrogen) atoms. The third kappa shape index (κ3) is 3.62. The highest BCUT2D eigenvalue weighted by Crippen LogP contribution is 2.24. The number of amides is 1. The topological polar surface area (TPSA) is 57.8 Å². The van der Waals surface area contributed by atoms with Crippen LogP contribution in [0.3, 0.4) is 0 Å². The Labute approximate surface area is 156 Å². The van der Waals surface area contributed by atoms with Crippen LogP contribution in [0.4, 0.5) is 5.69 Å². The maximum Gasteiger partial charge on any atom is 0.266 e. The molecule has 0 aliphatic heterocycles. The molecule has 0 atom stereocenters. The quantitative estimate of drug-likeness (QED) is 0.424. The molecule has 0 spiro atoms. The molecule has 0 saturated carbocycles. The van der Waals surface area contributed by atoms with Crippen LogP contribution >= 0.6 is 11.6 Å². The second-order valence-electron chi connectivity index (χ2n) is 5.56. The van der Waals surface area contributed by atoms with E-state index in [0.29, 0.717) is 17.3 Å². The van der Waals surface area contributed by atoms with E-state index in [1.54, 1.807) is 30.3 Å². The van der Waals surface area contributed by atoms with Crippen molar-refractivity contribution in [2.75, 3.05) is 5.32 Å². The van der Waals surface area contributed by atoms with Gasteiger partial charge in [-0.1, -0.05) is 35.7 Å². The van der Waals surface area contributed by atoms with E-state index in [-0.39, 0.29) is 5.57 Å². The lowest BCUT2D eigenvalue weighted by atomic mass is 10.1. The van der Waals surface area contributed by atoms with Crippen LogP contribution in [0.5, 0.6) is 0 Å². The predicted molar refractivity (Wildman–Crippen MR) is 104 cm³/mol. The molecule has 0 bridgehead atoms. The Hall–Kier alpha value is -3.47. The summed E-state index contributed by atoms with van der Waals surface area (Å²) in [5.41, 5.74) is 2.28. The summed E-state index contributed by atoms with van der Waals surface area (Å²) in [6.07, 6.45) is 8.84. The summed E-state index contributed by atoms with van der Waals surface area (Å²) >= 11 is 5.84. The molecule has 0 saturated heterocycles. The maximum atomic E-state index is 12.4. The Morgan fingerprint density at radius 3 is 2.65 bits per heavy atom. The van der Waals surface area contributed by atoms with Crippen molar-refractivity contribution in [3.05, 3.63) is 70.9 Å². The van der Waals surface area contributed by atoms with Crippen molar-refractivity contribution in [3.63, 3.8) is 0 Å². The van der Waals surface area contributed by atoms with E-state index >= 15 is 0 Å². The number of benzene rings is 2. The molecule has 4 nitrogen and oxygen atoms in total. The molecule has 5 heteroatoms. The summed E-state index contributed by atoms with van der Waals surface area (Å²) in [6, 6.07) is 16.3. The molecule has 0 radical (unpaired) electrons. The van der Waals surface area contributed by atoms with E-state index in [1.165, 1.54) is 0 Å². The highest BCUT2D eigenvalue weighted by molar-refractivity contribution is 6.30. The van der Waals surface area contributed by atoms with Crippen LogP contribution in [0.1, 0.15) is 5.56 Å². The number of nitriles is 1. The van der Waals surface area contributed by atoms with Gasteiger partial charge in [0.05, 0.1) is 6.54 Å². The normalized spacial score (nSPS) is 11.0. The number of rotatable bonds is 4. The van der Waals surface area contributed by atoms with Crippen LogP contribution in [-0.4, -0.2) is 10.5 Å². The molecule has 2 aromatic carbocycles. The van der Waals surface area contributed by atoms with Crippen LogP contribution in [0.2, 0.25) is 5.02 Å². The zero-order valence-electron chi connectivity index (χ0n) is 13.7. The molecule has 0 aliphatic rings. The minimum atomic E-state index is -0.483. The second-order valence-corrected chi connectivity index (χ2v) is 6.00. The first-order chi connectivity index (χ1) is 12.6. The molecule has 1 N–H and O–H groups in total. The molecule has 0 fully saturated rings. The fourth-order valence-corrected chi connectivity index (χ4v) is 2.78. The monoisotopic (exact) mass is 359 g/mol. The van der Waals surface area contributed by atoms with E-state index in [4.69, 9.17) is 18.0 Å². The molecular weight excluding hydrogens is 346 g/mol. The highest BCUT2D eigenvalue weighted by atomic mass is 35.5. The number of carbonyl (C=O) groups is 1. The summed E-state index contributed by atoms with van der Waals surface area (Å²) in [5.74, 6) is 2.12. The van der Waals surface area contributed by atoms with Crippen molar-refractivity contribution in [2.24, 2.45) is 0 Å². The van der Waals surface area contributed by atoms with Gasteiger partial charge in [-0.15, -0.1) is 6.42 Å². The van der Waals surface area contributed by atoms with E-state index in [0.717, 1.165) is 16.5 Å². The van der Waals surface area contributed by atoms with Crippen molar-refractivity contribution in [1.82, 2.24) is 4.57 Å². The molecule has 1 amide bonds. The Morgan fingerprint density at radius 2 is 1.96 bits per heavy atom. The Balaban J connectivity index is 1.95. The average Bonchev–Trinajstić information content (AvgIpc) is 2.99. The minimum Gasteiger partial charge on any atom is -0.335 e. The van der Waals surface area contributed by atoms with Crippen molar-refractivity contribution in [1.29, 1.82) is 5.26 Å². The zero-order chi connectivity index (χ0) is 18.5. The van der Waals surface area contributed by atoms with Crippen molar-refractivity contribution in [3.8, 4) is 18.4 Å². The number of aromatic nitrogens is 1. The lowest BCUT2D eigenvalue weighted by Gasteiger charge is -2.04. The minimum absolute atomic E-state index is 0.00330. The first kappa shape index (κ1) is 17.4. The van der Waals surface area contributed by atoms with Crippen LogP contribution in [0, 0.1) is 23.7 Å². The number of para-hydroxylation sites is 1. The standard InChI is InChI=1S/C21H14ClN3O/c1-2-11-25-14-16(19-5-3-4-6-20(19)25)12-15(13-23)21(26)24-18-9-7-17(22)8-10-18/h1,3-10,12,14H,11H2,(H,24,26)/b15-12-. The van der Waals surface area contributed by atoms with Crippen LogP contribution in [0.15, 0.2) is 60.3 Å². The molecule has 126 valence electrons. The number of anilines is 1. The number of nitrogens with zero attached hydrogens (tertiary/aromatic N) is 2. The largest absolute Gasteiger partial charge is 0.335 e. The lowest BCUT2D eigenvalue weighted by Crippen LogP contribution is -2.13. The van der Waals surface area contributed by atoms with Gasteiger partial charge in [0.15, 0.2) is 0 Å². The smallest absolute Gasteiger partial charge is 0.266 e. The van der Waals surface area contributed by atoms with Gasteiger partial charge in [0, 0.05) is 33.4 Å². The van der Waals surface area contributed by atoms with Crippen LogP contribution in [-0.2, 0) is 11.3 Å². The predicted octanol–water partition coefficient (Wildman–Crippen LogP) is 4.47. The van der Waals surface area contributed by atoms with Gasteiger partial charge in [-0.3, -0.25) is 4.79 Å². The van der Waals surface area contributed by atoms with Crippen LogP contribution in [0.25, 0.3) is 17.0 Å². The zero-order valence-corrected chi connectivity index (χ0v) is 14.5. The van der Waals surface area contributed by atoms with Gasteiger partial charge in [-0.05, 0) is 36.4 Å². The summed E-state index contributed by atoms with van der Waals surface area (Å²) in [4.78, 5) is 12.4. The highest BCUT2D eigenvalue weighted by Gasteiger charge is 2.12. The van der Waals surface area contributed by atoms with Gasteiger partial charge in [0.25, 0.3) is 5.91 Å². The number of carbonyl (C=O) groups excluding carboxylic acids is 1. The molecular formula is C21H14ClN3O. The average molecular weight is 360 g/mol. The number of hydrogen-bond donors (Lipinski definition) is 1. The summed E-state index contributed by atoms with van der Waals surface area (Å²) < 4.78 is 1.91.